The van der Waals surface area contributed by atoms with Crippen molar-refractivity contribution < 1.29 is 14.0 Å². The van der Waals surface area contributed by atoms with E-state index in [4.69, 9.17) is 4.42 Å². The fourth-order valence-corrected chi connectivity index (χ4v) is 2.78. The highest BCUT2D eigenvalue weighted by molar-refractivity contribution is 9.10. The second-order valence-electron chi connectivity index (χ2n) is 5.34. The van der Waals surface area contributed by atoms with E-state index in [0.717, 1.165) is 15.4 Å². The molecule has 0 unspecified atom stereocenters. The van der Waals surface area contributed by atoms with E-state index in [9.17, 15) is 9.59 Å². The Kier molecular flexibility index (Phi) is 4.66. The zero-order valence-electron chi connectivity index (χ0n) is 12.9. The average molecular weight is 387 g/mol. The number of aryl methyl sites for hydroxylation is 1. The van der Waals surface area contributed by atoms with Gasteiger partial charge < -0.3 is 15.1 Å². The molecule has 2 aromatic carbocycles. The summed E-state index contributed by atoms with van der Waals surface area (Å²) in [5.74, 6) is -0.539. The second kappa shape index (κ2) is 6.88. The SMILES string of the molecule is Cc1cc(Br)ccc1NC(=O)CNC(=O)c1cc2ccccc2o1. The van der Waals surface area contributed by atoms with Crippen LogP contribution in [-0.2, 0) is 4.79 Å². The van der Waals surface area contributed by atoms with Gasteiger partial charge in [0.05, 0.1) is 6.54 Å². The number of benzene rings is 2. The minimum Gasteiger partial charge on any atom is -0.451 e. The number of nitrogens with one attached hydrogen (secondary N) is 2. The first kappa shape index (κ1) is 16.3. The summed E-state index contributed by atoms with van der Waals surface area (Å²) in [6.07, 6.45) is 0. The number of halogens is 1. The van der Waals surface area contributed by atoms with Crippen molar-refractivity contribution in [3.05, 3.63) is 64.3 Å². The lowest BCUT2D eigenvalue weighted by Crippen LogP contribution is -2.32. The van der Waals surface area contributed by atoms with Crippen LogP contribution in [0.5, 0.6) is 0 Å². The van der Waals surface area contributed by atoms with Crippen LogP contribution in [0.1, 0.15) is 16.1 Å². The molecule has 5 nitrogen and oxygen atoms in total. The Balaban J connectivity index is 1.60. The first-order valence-electron chi connectivity index (χ1n) is 7.36. The highest BCUT2D eigenvalue weighted by Gasteiger charge is 2.13. The lowest BCUT2D eigenvalue weighted by atomic mass is 10.2. The van der Waals surface area contributed by atoms with Gasteiger partial charge in [0.15, 0.2) is 5.76 Å². The van der Waals surface area contributed by atoms with Crippen LogP contribution in [0.2, 0.25) is 0 Å². The van der Waals surface area contributed by atoms with Crippen LogP contribution in [0, 0.1) is 6.92 Å². The lowest BCUT2D eigenvalue weighted by Gasteiger charge is -2.09. The van der Waals surface area contributed by atoms with Crippen molar-refractivity contribution in [1.82, 2.24) is 5.32 Å². The van der Waals surface area contributed by atoms with Crippen LogP contribution in [0.15, 0.2) is 57.4 Å². The lowest BCUT2D eigenvalue weighted by molar-refractivity contribution is -0.115. The van der Waals surface area contributed by atoms with Crippen molar-refractivity contribution >= 4 is 44.4 Å². The zero-order chi connectivity index (χ0) is 17.1. The van der Waals surface area contributed by atoms with E-state index in [-0.39, 0.29) is 18.2 Å². The van der Waals surface area contributed by atoms with Crippen molar-refractivity contribution in [2.24, 2.45) is 0 Å². The van der Waals surface area contributed by atoms with Crippen molar-refractivity contribution in [3.8, 4) is 0 Å². The van der Waals surface area contributed by atoms with Gasteiger partial charge in [-0.3, -0.25) is 9.59 Å². The minimum atomic E-state index is -0.422. The molecule has 0 aliphatic carbocycles. The molecule has 2 amide bonds. The maximum atomic E-state index is 12.1. The zero-order valence-corrected chi connectivity index (χ0v) is 14.5. The third kappa shape index (κ3) is 3.65. The molecule has 122 valence electrons. The number of fused-ring (bicyclic) bond motifs is 1. The minimum absolute atomic E-state index is 0.134. The number of hydrogen-bond donors (Lipinski definition) is 2. The van der Waals surface area contributed by atoms with E-state index in [0.29, 0.717) is 11.3 Å². The molecular formula is C18H15BrN2O3. The Labute approximate surface area is 147 Å². The van der Waals surface area contributed by atoms with Gasteiger partial charge in [0.1, 0.15) is 5.58 Å². The number of carbonyl (C=O) groups excluding carboxylic acids is 2. The van der Waals surface area contributed by atoms with Crippen molar-refractivity contribution in [2.45, 2.75) is 6.92 Å². The molecule has 0 spiro atoms. The number of para-hydroxylation sites is 1. The molecular weight excluding hydrogens is 372 g/mol. The summed E-state index contributed by atoms with van der Waals surface area (Å²) in [5.41, 5.74) is 2.28. The maximum Gasteiger partial charge on any atom is 0.287 e. The molecule has 0 aliphatic rings. The Morgan fingerprint density at radius 1 is 1.12 bits per heavy atom. The van der Waals surface area contributed by atoms with Gasteiger partial charge >= 0.3 is 0 Å². The van der Waals surface area contributed by atoms with E-state index in [1.807, 2.05) is 37.3 Å². The normalized spacial score (nSPS) is 10.6. The van der Waals surface area contributed by atoms with Crippen LogP contribution in [0.25, 0.3) is 11.0 Å². The van der Waals surface area contributed by atoms with Crippen molar-refractivity contribution in [2.75, 3.05) is 11.9 Å². The summed E-state index contributed by atoms with van der Waals surface area (Å²) >= 11 is 3.37. The molecule has 3 aromatic rings. The number of carbonyl (C=O) groups is 2. The number of anilines is 1. The molecule has 0 radical (unpaired) electrons. The third-order valence-electron chi connectivity index (χ3n) is 3.52. The van der Waals surface area contributed by atoms with E-state index in [1.165, 1.54) is 0 Å². The van der Waals surface area contributed by atoms with Gasteiger partial charge in [0, 0.05) is 15.5 Å². The average Bonchev–Trinajstić information content (AvgIpc) is 2.99. The molecule has 2 N–H and O–H groups in total. The largest absolute Gasteiger partial charge is 0.451 e. The van der Waals surface area contributed by atoms with Gasteiger partial charge in [0.2, 0.25) is 5.91 Å². The third-order valence-corrected chi connectivity index (χ3v) is 4.01. The molecule has 1 aromatic heterocycles. The Morgan fingerprint density at radius 2 is 1.92 bits per heavy atom. The highest BCUT2D eigenvalue weighted by Crippen LogP contribution is 2.20. The summed E-state index contributed by atoms with van der Waals surface area (Å²) in [6, 6.07) is 14.6. The fourth-order valence-electron chi connectivity index (χ4n) is 2.30. The van der Waals surface area contributed by atoms with E-state index < -0.39 is 5.91 Å². The fraction of sp³-hybridized carbons (Fsp3) is 0.111. The van der Waals surface area contributed by atoms with Crippen molar-refractivity contribution in [3.63, 3.8) is 0 Å². The number of furan rings is 1. The van der Waals surface area contributed by atoms with Crippen LogP contribution in [0.4, 0.5) is 5.69 Å². The highest BCUT2D eigenvalue weighted by atomic mass is 79.9. The summed E-state index contributed by atoms with van der Waals surface area (Å²) in [6.45, 7) is 1.76. The summed E-state index contributed by atoms with van der Waals surface area (Å²) in [4.78, 5) is 24.1. The molecule has 0 bridgehead atoms. The van der Waals surface area contributed by atoms with Crippen LogP contribution in [0.3, 0.4) is 0 Å². The first-order valence-corrected chi connectivity index (χ1v) is 8.15. The number of rotatable bonds is 4. The molecule has 0 aliphatic heterocycles. The molecule has 0 fully saturated rings. The van der Waals surface area contributed by atoms with Crippen LogP contribution in [-0.4, -0.2) is 18.4 Å². The molecule has 3 rings (SSSR count). The van der Waals surface area contributed by atoms with E-state index in [2.05, 4.69) is 26.6 Å². The molecule has 0 atom stereocenters. The smallest absolute Gasteiger partial charge is 0.287 e. The quantitative estimate of drug-likeness (QED) is 0.714. The van der Waals surface area contributed by atoms with Crippen LogP contribution < -0.4 is 10.6 Å². The van der Waals surface area contributed by atoms with Gasteiger partial charge in [-0.1, -0.05) is 34.1 Å². The molecule has 6 heteroatoms. The van der Waals surface area contributed by atoms with Gasteiger partial charge in [-0.15, -0.1) is 0 Å². The predicted molar refractivity (Wildman–Crippen MR) is 96.1 cm³/mol. The Hall–Kier alpha value is -2.60. The van der Waals surface area contributed by atoms with E-state index in [1.54, 1.807) is 18.2 Å². The summed E-state index contributed by atoms with van der Waals surface area (Å²) < 4.78 is 6.40. The van der Waals surface area contributed by atoms with Crippen LogP contribution >= 0.6 is 15.9 Å². The summed E-state index contributed by atoms with van der Waals surface area (Å²) in [7, 11) is 0. The molecule has 24 heavy (non-hydrogen) atoms. The maximum absolute atomic E-state index is 12.1. The van der Waals surface area contributed by atoms with Gasteiger partial charge in [-0.25, -0.2) is 0 Å². The number of amides is 2. The predicted octanol–water partition coefficient (Wildman–Crippen LogP) is 3.87. The van der Waals surface area contributed by atoms with Gasteiger partial charge in [-0.2, -0.15) is 0 Å². The monoisotopic (exact) mass is 386 g/mol. The Morgan fingerprint density at radius 3 is 2.67 bits per heavy atom. The number of hydrogen-bond acceptors (Lipinski definition) is 3. The topological polar surface area (TPSA) is 71.3 Å². The Bertz CT molecular complexity index is 885. The van der Waals surface area contributed by atoms with E-state index >= 15 is 0 Å². The van der Waals surface area contributed by atoms with Gasteiger partial charge in [0.25, 0.3) is 5.91 Å². The molecule has 0 saturated carbocycles. The molecule has 1 heterocycles. The summed E-state index contributed by atoms with van der Waals surface area (Å²) in [5, 5.41) is 6.17. The second-order valence-corrected chi connectivity index (χ2v) is 6.25. The molecule has 0 saturated heterocycles. The van der Waals surface area contributed by atoms with Gasteiger partial charge in [-0.05, 0) is 42.8 Å². The first-order chi connectivity index (χ1) is 11.5. The van der Waals surface area contributed by atoms with Crippen molar-refractivity contribution in [1.29, 1.82) is 0 Å². The standard InChI is InChI=1S/C18H15BrN2O3/c1-11-8-13(19)6-7-14(11)21-17(22)10-20-18(23)16-9-12-4-2-3-5-15(12)24-16/h2-9H,10H2,1H3,(H,20,23)(H,21,22).